The van der Waals surface area contributed by atoms with Crippen LogP contribution in [0.2, 0.25) is 0 Å². The van der Waals surface area contributed by atoms with E-state index in [4.69, 9.17) is 0 Å². The molecule has 2 unspecified atom stereocenters. The third kappa shape index (κ3) is 2.74. The minimum absolute atomic E-state index is 1.06. The molecule has 2 rings (SSSR count). The third-order valence-electron chi connectivity index (χ3n) is 2.58. The van der Waals surface area contributed by atoms with E-state index in [1.165, 1.54) is 21.9 Å². The zero-order valence-electron chi connectivity index (χ0n) is 8.85. The van der Waals surface area contributed by atoms with Crippen molar-refractivity contribution in [1.82, 2.24) is 0 Å². The molecule has 4 heteroatoms. The molecule has 0 nitrogen and oxygen atoms in total. The quantitative estimate of drug-likeness (QED) is 0.733. The van der Waals surface area contributed by atoms with Gasteiger partial charge < -0.3 is 0 Å². The Bertz CT molecular complexity index is 441. The molecule has 0 aromatic heterocycles. The average Bonchev–Trinajstić information content (AvgIpc) is 2.33. The molecule has 0 bridgehead atoms. The van der Waals surface area contributed by atoms with Gasteiger partial charge in [0.15, 0.2) is 0 Å². The van der Waals surface area contributed by atoms with E-state index in [0.717, 1.165) is 11.5 Å². The van der Waals surface area contributed by atoms with Crippen LogP contribution in [0, 0.1) is 0 Å². The summed E-state index contributed by atoms with van der Waals surface area (Å²) in [6.07, 6.45) is 0. The fraction of sp³-hybridized carbons (Fsp3) is 0.167. The van der Waals surface area contributed by atoms with Crippen LogP contribution >= 0.6 is 39.6 Å². The molecule has 2 aromatic rings. The Morgan fingerprint density at radius 1 is 0.750 bits per heavy atom. The average molecular weight is 284 g/mol. The SMILES string of the molecule is PSCc1ccc(CSP)c2ccccc12. The Morgan fingerprint density at radius 2 is 1.19 bits per heavy atom. The van der Waals surface area contributed by atoms with Crippen LogP contribution in [0.3, 0.4) is 0 Å². The molecule has 0 radical (unpaired) electrons. The monoisotopic (exact) mass is 284 g/mol. The smallest absolute Gasteiger partial charge is 0.0227 e. The van der Waals surface area contributed by atoms with Crippen LogP contribution in [0.5, 0.6) is 0 Å². The highest BCUT2D eigenvalue weighted by atomic mass is 32.7. The predicted molar refractivity (Wildman–Crippen MR) is 86.0 cm³/mol. The summed E-state index contributed by atoms with van der Waals surface area (Å²) in [4.78, 5) is 0. The van der Waals surface area contributed by atoms with Crippen LogP contribution in [-0.4, -0.2) is 0 Å². The van der Waals surface area contributed by atoms with Gasteiger partial charge in [0.1, 0.15) is 0 Å². The molecule has 16 heavy (non-hydrogen) atoms. The van der Waals surface area contributed by atoms with Crippen LogP contribution in [0.1, 0.15) is 11.1 Å². The van der Waals surface area contributed by atoms with Gasteiger partial charge in [-0.3, -0.25) is 0 Å². The molecule has 0 aliphatic carbocycles. The topological polar surface area (TPSA) is 0 Å². The van der Waals surface area contributed by atoms with Crippen LogP contribution in [0.15, 0.2) is 36.4 Å². The minimum atomic E-state index is 1.06. The van der Waals surface area contributed by atoms with Crippen molar-refractivity contribution in [3.05, 3.63) is 47.5 Å². The highest BCUT2D eigenvalue weighted by Crippen LogP contribution is 2.30. The lowest BCUT2D eigenvalue weighted by atomic mass is 10.0. The fourth-order valence-electron chi connectivity index (χ4n) is 1.86. The second-order valence-electron chi connectivity index (χ2n) is 3.55. The first-order valence-corrected chi connectivity index (χ1v) is 9.92. The van der Waals surface area contributed by atoms with Crippen molar-refractivity contribution >= 4 is 50.4 Å². The zero-order valence-corrected chi connectivity index (χ0v) is 12.8. The Labute approximate surface area is 109 Å². The van der Waals surface area contributed by atoms with Gasteiger partial charge in [0.05, 0.1) is 0 Å². The molecule has 2 aromatic carbocycles. The van der Waals surface area contributed by atoms with Gasteiger partial charge in [0.2, 0.25) is 0 Å². The van der Waals surface area contributed by atoms with E-state index < -0.39 is 0 Å². The largest absolute Gasteiger partial charge is 0.136 e. The number of rotatable bonds is 4. The lowest BCUT2D eigenvalue weighted by Gasteiger charge is -2.09. The molecular weight excluding hydrogens is 270 g/mol. The van der Waals surface area contributed by atoms with Gasteiger partial charge >= 0.3 is 0 Å². The van der Waals surface area contributed by atoms with Gasteiger partial charge in [0, 0.05) is 11.5 Å². The highest BCUT2D eigenvalue weighted by molar-refractivity contribution is 8.43. The molecule has 0 saturated heterocycles. The second kappa shape index (κ2) is 6.26. The summed E-state index contributed by atoms with van der Waals surface area (Å²) in [5, 5.41) is 2.79. The predicted octanol–water partition coefficient (Wildman–Crippen LogP) is 4.89. The summed E-state index contributed by atoms with van der Waals surface area (Å²) in [5.41, 5.74) is 2.85. The summed E-state index contributed by atoms with van der Waals surface area (Å²) in [6.45, 7) is 0. The van der Waals surface area contributed by atoms with Crippen molar-refractivity contribution in [1.29, 1.82) is 0 Å². The van der Waals surface area contributed by atoms with Crippen molar-refractivity contribution in [2.75, 3.05) is 0 Å². The van der Waals surface area contributed by atoms with Crippen LogP contribution < -0.4 is 0 Å². The number of fused-ring (bicyclic) bond motifs is 1. The maximum atomic E-state index is 2.72. The lowest BCUT2D eigenvalue weighted by molar-refractivity contribution is 1.41. The van der Waals surface area contributed by atoms with Crippen LogP contribution in [0.4, 0.5) is 0 Å². The lowest BCUT2D eigenvalue weighted by Crippen LogP contribution is -1.88. The molecule has 2 atom stereocenters. The Balaban J connectivity index is 2.57. The van der Waals surface area contributed by atoms with Gasteiger partial charge in [-0.2, -0.15) is 0 Å². The van der Waals surface area contributed by atoms with E-state index >= 15 is 0 Å². The zero-order chi connectivity index (χ0) is 11.4. The Hall–Kier alpha value is 0.260. The van der Waals surface area contributed by atoms with Crippen molar-refractivity contribution in [3.63, 3.8) is 0 Å². The Kier molecular flexibility index (Phi) is 4.97. The molecular formula is C12H14P2S2. The van der Waals surface area contributed by atoms with E-state index in [1.54, 1.807) is 22.8 Å². The van der Waals surface area contributed by atoms with Gasteiger partial charge in [0.25, 0.3) is 0 Å². The van der Waals surface area contributed by atoms with Crippen molar-refractivity contribution in [3.8, 4) is 0 Å². The second-order valence-corrected chi connectivity index (χ2v) is 6.80. The number of hydrogen-bond acceptors (Lipinski definition) is 2. The minimum Gasteiger partial charge on any atom is -0.136 e. The summed E-state index contributed by atoms with van der Waals surface area (Å²) in [7, 11) is 5.44. The molecule has 0 amide bonds. The van der Waals surface area contributed by atoms with E-state index in [0.29, 0.717) is 0 Å². The molecule has 0 aliphatic heterocycles. The Morgan fingerprint density at radius 3 is 1.56 bits per heavy atom. The molecule has 0 aliphatic rings. The maximum Gasteiger partial charge on any atom is 0.0227 e. The van der Waals surface area contributed by atoms with Gasteiger partial charge in [-0.05, 0) is 21.9 Å². The molecule has 0 fully saturated rings. The molecule has 84 valence electrons. The third-order valence-corrected chi connectivity index (χ3v) is 4.54. The van der Waals surface area contributed by atoms with E-state index in [2.05, 4.69) is 53.3 Å². The van der Waals surface area contributed by atoms with E-state index in [9.17, 15) is 0 Å². The number of hydrogen-bond donors (Lipinski definition) is 0. The van der Waals surface area contributed by atoms with Crippen molar-refractivity contribution in [2.24, 2.45) is 0 Å². The summed E-state index contributed by atoms with van der Waals surface area (Å²) in [5.74, 6) is 2.11. The van der Waals surface area contributed by atoms with Gasteiger partial charge in [-0.1, -0.05) is 53.3 Å². The first kappa shape index (κ1) is 12.7. The molecule has 0 N–H and O–H groups in total. The van der Waals surface area contributed by atoms with Crippen LogP contribution in [0.25, 0.3) is 10.8 Å². The van der Waals surface area contributed by atoms with E-state index in [-0.39, 0.29) is 0 Å². The van der Waals surface area contributed by atoms with Gasteiger partial charge in [-0.25, -0.2) is 0 Å². The highest BCUT2D eigenvalue weighted by Gasteiger charge is 2.04. The standard InChI is InChI=1S/C12H14P2S2/c13-15-7-9-5-6-10(8-16-14)12-4-2-1-3-11(9)12/h1-6H,7-8,13-14H2. The maximum absolute atomic E-state index is 2.72. The summed E-state index contributed by atoms with van der Waals surface area (Å²) in [6, 6.07) is 13.2. The molecule has 0 heterocycles. The summed E-state index contributed by atoms with van der Waals surface area (Å²) < 4.78 is 0. The fourth-order valence-corrected chi connectivity index (χ4v) is 3.80. The summed E-state index contributed by atoms with van der Waals surface area (Å²) >= 11 is 3.59. The van der Waals surface area contributed by atoms with Crippen LogP contribution in [-0.2, 0) is 11.5 Å². The van der Waals surface area contributed by atoms with Crippen molar-refractivity contribution < 1.29 is 0 Å². The first-order chi connectivity index (χ1) is 7.86. The van der Waals surface area contributed by atoms with E-state index in [1.807, 2.05) is 0 Å². The number of benzene rings is 2. The molecule has 0 saturated carbocycles. The van der Waals surface area contributed by atoms with Crippen molar-refractivity contribution in [2.45, 2.75) is 11.5 Å². The molecule has 0 spiro atoms. The normalized spacial score (nSPS) is 10.9. The van der Waals surface area contributed by atoms with Gasteiger partial charge in [-0.15, -0.1) is 22.8 Å². The first-order valence-electron chi connectivity index (χ1n) is 4.99.